The van der Waals surface area contributed by atoms with Crippen molar-refractivity contribution >= 4 is 11.9 Å². The van der Waals surface area contributed by atoms with Gasteiger partial charge in [0.1, 0.15) is 6.04 Å². The Morgan fingerprint density at radius 1 is 1.18 bits per heavy atom. The first-order valence-electron chi connectivity index (χ1n) is 7.82. The average Bonchev–Trinajstić information content (AvgIpc) is 2.44. The highest BCUT2D eigenvalue weighted by Crippen LogP contribution is 2.18. The first-order chi connectivity index (χ1) is 10.2. The van der Waals surface area contributed by atoms with Crippen LogP contribution in [0.3, 0.4) is 0 Å². The Morgan fingerprint density at radius 2 is 1.73 bits per heavy atom. The van der Waals surface area contributed by atoms with Crippen LogP contribution in [0.1, 0.15) is 27.7 Å². The van der Waals surface area contributed by atoms with Gasteiger partial charge < -0.3 is 15.5 Å². The molecule has 1 heterocycles. The summed E-state index contributed by atoms with van der Waals surface area (Å²) in [6.45, 7) is 11.0. The molecule has 1 unspecified atom stereocenters. The second kappa shape index (κ2) is 7.89. The van der Waals surface area contributed by atoms with Crippen LogP contribution in [0.15, 0.2) is 0 Å². The SMILES string of the molecule is CC(C)C(NC(=O)C(C)(C)N1CCN(CCO)CC1)C(=O)O. The van der Waals surface area contributed by atoms with E-state index in [4.69, 9.17) is 5.11 Å². The minimum atomic E-state index is -1.01. The van der Waals surface area contributed by atoms with E-state index in [1.807, 2.05) is 13.8 Å². The molecule has 7 heteroatoms. The fraction of sp³-hybridized carbons (Fsp3) is 0.867. The van der Waals surface area contributed by atoms with Gasteiger partial charge in [-0.05, 0) is 19.8 Å². The molecule has 7 nitrogen and oxygen atoms in total. The number of amides is 1. The molecule has 1 atom stereocenters. The first kappa shape index (κ1) is 18.9. The largest absolute Gasteiger partial charge is 0.480 e. The number of carboxylic acids is 1. The third-order valence-electron chi connectivity index (χ3n) is 4.35. The van der Waals surface area contributed by atoms with Gasteiger partial charge in [0.15, 0.2) is 0 Å². The number of β-amino-alcohol motifs (C(OH)–C–C–N with tert-alkyl or cyclic N) is 1. The van der Waals surface area contributed by atoms with Crippen LogP contribution in [0, 0.1) is 5.92 Å². The number of carbonyl (C=O) groups is 2. The van der Waals surface area contributed by atoms with Gasteiger partial charge >= 0.3 is 5.97 Å². The van der Waals surface area contributed by atoms with Crippen LogP contribution in [-0.2, 0) is 9.59 Å². The topological polar surface area (TPSA) is 93.1 Å². The van der Waals surface area contributed by atoms with Crippen LogP contribution < -0.4 is 5.32 Å². The maximum Gasteiger partial charge on any atom is 0.326 e. The highest BCUT2D eigenvalue weighted by molar-refractivity contribution is 5.89. The summed E-state index contributed by atoms with van der Waals surface area (Å²) < 4.78 is 0. The molecule has 1 fully saturated rings. The summed E-state index contributed by atoms with van der Waals surface area (Å²) in [5.41, 5.74) is -0.756. The van der Waals surface area contributed by atoms with E-state index in [1.165, 1.54) is 0 Å². The van der Waals surface area contributed by atoms with Crippen molar-refractivity contribution < 1.29 is 19.8 Å². The Hall–Kier alpha value is -1.18. The van der Waals surface area contributed by atoms with Crippen LogP contribution in [0.4, 0.5) is 0 Å². The smallest absolute Gasteiger partial charge is 0.326 e. The lowest BCUT2D eigenvalue weighted by Crippen LogP contribution is -2.62. The van der Waals surface area contributed by atoms with Gasteiger partial charge in [0.2, 0.25) is 5.91 Å². The Kier molecular flexibility index (Phi) is 6.77. The number of piperazine rings is 1. The van der Waals surface area contributed by atoms with Crippen molar-refractivity contribution in [1.29, 1.82) is 0 Å². The molecule has 1 saturated heterocycles. The van der Waals surface area contributed by atoms with Crippen molar-refractivity contribution in [3.8, 4) is 0 Å². The molecule has 1 rings (SSSR count). The number of rotatable bonds is 7. The zero-order valence-electron chi connectivity index (χ0n) is 14.0. The van der Waals surface area contributed by atoms with Crippen LogP contribution >= 0.6 is 0 Å². The molecule has 0 saturated carbocycles. The Morgan fingerprint density at radius 3 is 2.14 bits per heavy atom. The zero-order chi connectivity index (χ0) is 16.9. The van der Waals surface area contributed by atoms with Crippen LogP contribution in [-0.4, -0.2) is 82.8 Å². The zero-order valence-corrected chi connectivity index (χ0v) is 14.0. The van der Waals surface area contributed by atoms with E-state index in [1.54, 1.807) is 13.8 Å². The summed E-state index contributed by atoms with van der Waals surface area (Å²) in [5, 5.41) is 20.8. The molecule has 1 aliphatic rings. The molecule has 22 heavy (non-hydrogen) atoms. The predicted molar refractivity (Wildman–Crippen MR) is 83.6 cm³/mol. The van der Waals surface area contributed by atoms with Crippen molar-refractivity contribution in [1.82, 2.24) is 15.1 Å². The summed E-state index contributed by atoms with van der Waals surface area (Å²) >= 11 is 0. The van der Waals surface area contributed by atoms with Gasteiger partial charge in [-0.1, -0.05) is 13.8 Å². The molecule has 0 aliphatic carbocycles. The van der Waals surface area contributed by atoms with Crippen molar-refractivity contribution in [2.75, 3.05) is 39.3 Å². The fourth-order valence-corrected chi connectivity index (χ4v) is 2.65. The maximum atomic E-state index is 12.5. The number of hydrogen-bond acceptors (Lipinski definition) is 5. The highest BCUT2D eigenvalue weighted by Gasteiger charge is 2.38. The number of nitrogens with one attached hydrogen (secondary N) is 1. The predicted octanol–water partition coefficient (Wildman–Crippen LogP) is -0.400. The molecule has 0 aromatic heterocycles. The van der Waals surface area contributed by atoms with Gasteiger partial charge in [-0.15, -0.1) is 0 Å². The summed E-state index contributed by atoms with van der Waals surface area (Å²) in [7, 11) is 0. The summed E-state index contributed by atoms with van der Waals surface area (Å²) in [6.07, 6.45) is 0. The minimum Gasteiger partial charge on any atom is -0.480 e. The number of hydrogen-bond donors (Lipinski definition) is 3. The third kappa shape index (κ3) is 4.66. The number of aliphatic carboxylic acids is 1. The lowest BCUT2D eigenvalue weighted by atomic mass is 9.97. The fourth-order valence-electron chi connectivity index (χ4n) is 2.65. The van der Waals surface area contributed by atoms with Gasteiger partial charge in [-0.3, -0.25) is 14.6 Å². The van der Waals surface area contributed by atoms with E-state index < -0.39 is 17.6 Å². The van der Waals surface area contributed by atoms with E-state index >= 15 is 0 Å². The normalized spacial score (nSPS) is 19.2. The van der Waals surface area contributed by atoms with Crippen molar-refractivity contribution in [3.63, 3.8) is 0 Å². The monoisotopic (exact) mass is 315 g/mol. The number of carbonyl (C=O) groups excluding carboxylic acids is 1. The van der Waals surface area contributed by atoms with Crippen LogP contribution in [0.2, 0.25) is 0 Å². The molecule has 128 valence electrons. The lowest BCUT2D eigenvalue weighted by molar-refractivity contribution is -0.145. The van der Waals surface area contributed by atoms with Crippen molar-refractivity contribution in [2.45, 2.75) is 39.3 Å². The molecule has 3 N–H and O–H groups in total. The standard InChI is InChI=1S/C15H29N3O4/c1-11(2)12(13(20)21)16-14(22)15(3,4)18-7-5-17(6-8-18)9-10-19/h11-12,19H,5-10H2,1-4H3,(H,16,22)(H,20,21). The molecule has 1 amide bonds. The van der Waals surface area contributed by atoms with Gasteiger partial charge in [0.05, 0.1) is 12.1 Å². The van der Waals surface area contributed by atoms with E-state index in [0.717, 1.165) is 26.2 Å². The Balaban J connectivity index is 2.65. The number of aliphatic hydroxyl groups excluding tert-OH is 1. The summed E-state index contributed by atoms with van der Waals surface area (Å²) in [4.78, 5) is 28.0. The maximum absolute atomic E-state index is 12.5. The van der Waals surface area contributed by atoms with Crippen LogP contribution in [0.25, 0.3) is 0 Å². The number of aliphatic hydroxyl groups is 1. The number of carboxylic acid groups (broad SMARTS) is 1. The molecule has 0 aromatic carbocycles. The molecule has 1 aliphatic heterocycles. The van der Waals surface area contributed by atoms with Gasteiger partial charge in [0.25, 0.3) is 0 Å². The molecule has 0 radical (unpaired) electrons. The average molecular weight is 315 g/mol. The van der Waals surface area contributed by atoms with E-state index in [9.17, 15) is 14.7 Å². The van der Waals surface area contributed by atoms with E-state index in [2.05, 4.69) is 15.1 Å². The first-order valence-corrected chi connectivity index (χ1v) is 7.82. The summed E-state index contributed by atoms with van der Waals surface area (Å²) in [6, 6.07) is -0.873. The lowest BCUT2D eigenvalue weighted by Gasteiger charge is -2.43. The Labute approximate surface area is 132 Å². The molecule has 0 spiro atoms. The molecule has 0 bridgehead atoms. The van der Waals surface area contributed by atoms with Gasteiger partial charge in [-0.2, -0.15) is 0 Å². The molecular formula is C15H29N3O4. The minimum absolute atomic E-state index is 0.137. The summed E-state index contributed by atoms with van der Waals surface area (Å²) in [5.74, 6) is -1.44. The Bertz CT molecular complexity index is 390. The van der Waals surface area contributed by atoms with E-state index in [-0.39, 0.29) is 18.4 Å². The van der Waals surface area contributed by atoms with E-state index in [0.29, 0.717) is 6.54 Å². The third-order valence-corrected chi connectivity index (χ3v) is 4.35. The second-order valence-corrected chi connectivity index (χ2v) is 6.64. The second-order valence-electron chi connectivity index (χ2n) is 6.64. The quantitative estimate of drug-likeness (QED) is 0.592. The molecule has 0 aromatic rings. The van der Waals surface area contributed by atoms with Gasteiger partial charge in [0, 0.05) is 32.7 Å². The highest BCUT2D eigenvalue weighted by atomic mass is 16.4. The van der Waals surface area contributed by atoms with Crippen molar-refractivity contribution in [2.24, 2.45) is 5.92 Å². The molecular weight excluding hydrogens is 286 g/mol. The van der Waals surface area contributed by atoms with Crippen molar-refractivity contribution in [3.05, 3.63) is 0 Å². The van der Waals surface area contributed by atoms with Gasteiger partial charge in [-0.25, -0.2) is 4.79 Å². The number of nitrogens with zero attached hydrogens (tertiary/aromatic N) is 2. The van der Waals surface area contributed by atoms with Crippen LogP contribution in [0.5, 0.6) is 0 Å².